The molecule has 0 fully saturated rings. The Morgan fingerprint density at radius 2 is 1.61 bits per heavy atom. The van der Waals surface area contributed by atoms with Gasteiger partial charge >= 0.3 is 11.9 Å². The predicted molar refractivity (Wildman–Crippen MR) is 96.2 cm³/mol. The second-order valence-electron chi connectivity index (χ2n) is 6.65. The maximum absolute atomic E-state index is 12.6. The van der Waals surface area contributed by atoms with Gasteiger partial charge in [0.1, 0.15) is 12.6 Å². The fourth-order valence-corrected chi connectivity index (χ4v) is 2.81. The lowest BCUT2D eigenvalue weighted by Crippen LogP contribution is -2.49. The Bertz CT molecular complexity index is 783. The highest BCUT2D eigenvalue weighted by molar-refractivity contribution is 6.22. The number of likely N-dealkylation sites (N-methyl/N-ethyl adjacent to an activating group) is 1. The molecule has 3 amide bonds. The van der Waals surface area contributed by atoms with Crippen LogP contribution in [0.1, 0.15) is 34.6 Å². The van der Waals surface area contributed by atoms with Crippen molar-refractivity contribution in [1.82, 2.24) is 9.80 Å². The van der Waals surface area contributed by atoms with E-state index in [1.807, 2.05) is 0 Å². The first-order chi connectivity index (χ1) is 13.2. The van der Waals surface area contributed by atoms with Crippen LogP contribution in [0.25, 0.3) is 0 Å². The third kappa shape index (κ3) is 4.19. The first-order valence-corrected chi connectivity index (χ1v) is 8.63. The van der Waals surface area contributed by atoms with Gasteiger partial charge < -0.3 is 14.4 Å². The number of methoxy groups -OCH3 is 1. The van der Waals surface area contributed by atoms with Gasteiger partial charge in [-0.05, 0) is 18.1 Å². The van der Waals surface area contributed by atoms with Crippen molar-refractivity contribution in [1.29, 1.82) is 0 Å². The second kappa shape index (κ2) is 8.64. The minimum absolute atomic E-state index is 0.222. The van der Waals surface area contributed by atoms with Gasteiger partial charge in [-0.2, -0.15) is 0 Å². The lowest BCUT2D eigenvalue weighted by atomic mass is 10.0. The molecule has 28 heavy (non-hydrogen) atoms. The molecule has 150 valence electrons. The number of amides is 3. The van der Waals surface area contributed by atoms with Crippen LogP contribution in [-0.4, -0.2) is 72.8 Å². The fourth-order valence-electron chi connectivity index (χ4n) is 2.81. The van der Waals surface area contributed by atoms with Gasteiger partial charge in [0.2, 0.25) is 0 Å². The molecule has 1 aromatic carbocycles. The van der Waals surface area contributed by atoms with Crippen LogP contribution in [0.2, 0.25) is 0 Å². The van der Waals surface area contributed by atoms with Gasteiger partial charge in [-0.25, -0.2) is 4.79 Å². The summed E-state index contributed by atoms with van der Waals surface area (Å²) in [4.78, 5) is 63.0. The summed E-state index contributed by atoms with van der Waals surface area (Å²) in [6, 6.07) is 5.12. The van der Waals surface area contributed by atoms with Crippen molar-refractivity contribution in [2.45, 2.75) is 19.9 Å². The normalized spacial score (nSPS) is 14.0. The summed E-state index contributed by atoms with van der Waals surface area (Å²) in [6.45, 7) is 2.42. The van der Waals surface area contributed by atoms with E-state index in [9.17, 15) is 24.0 Å². The van der Waals surface area contributed by atoms with Crippen LogP contribution in [0.5, 0.6) is 0 Å². The maximum Gasteiger partial charge on any atom is 0.330 e. The Kier molecular flexibility index (Phi) is 6.50. The van der Waals surface area contributed by atoms with Gasteiger partial charge in [-0.15, -0.1) is 0 Å². The lowest BCUT2D eigenvalue weighted by Gasteiger charge is -2.27. The van der Waals surface area contributed by atoms with E-state index in [1.165, 1.54) is 26.3 Å². The molecule has 1 aliphatic rings. The largest absolute Gasteiger partial charge is 0.468 e. The SMILES string of the molecule is COC(=O)CN(C)C(=O)COC(=O)[C@H](C(C)C)N1C(=O)c2ccccc2C1=O. The van der Waals surface area contributed by atoms with Crippen LogP contribution in [-0.2, 0) is 23.9 Å². The summed E-state index contributed by atoms with van der Waals surface area (Å²) in [6.07, 6.45) is 0. The molecule has 9 nitrogen and oxygen atoms in total. The molecule has 0 radical (unpaired) electrons. The van der Waals surface area contributed by atoms with Crippen LogP contribution >= 0.6 is 0 Å². The molecule has 0 N–H and O–H groups in total. The Morgan fingerprint density at radius 1 is 1.07 bits per heavy atom. The number of hydrogen-bond donors (Lipinski definition) is 0. The highest BCUT2D eigenvalue weighted by Gasteiger charge is 2.44. The molecule has 9 heteroatoms. The van der Waals surface area contributed by atoms with E-state index in [1.54, 1.807) is 26.0 Å². The number of ether oxygens (including phenoxy) is 2. The second-order valence-corrected chi connectivity index (χ2v) is 6.65. The standard InChI is InChI=1S/C19H22N2O7/c1-11(2)16(19(26)28-10-14(22)20(3)9-15(23)27-4)21-17(24)12-7-5-6-8-13(12)18(21)25/h5-8,11,16H,9-10H2,1-4H3/t16-/m0/s1. The predicted octanol–water partition coefficient (Wildman–Crippen LogP) is 0.482. The summed E-state index contributed by atoms with van der Waals surface area (Å²) in [5.41, 5.74) is 0.444. The van der Waals surface area contributed by atoms with E-state index < -0.39 is 48.2 Å². The molecule has 0 saturated heterocycles. The van der Waals surface area contributed by atoms with Gasteiger partial charge in [0, 0.05) is 7.05 Å². The topological polar surface area (TPSA) is 110 Å². The van der Waals surface area contributed by atoms with Crippen molar-refractivity contribution in [3.05, 3.63) is 35.4 Å². The zero-order valence-corrected chi connectivity index (χ0v) is 16.1. The Balaban J connectivity index is 2.10. The van der Waals surface area contributed by atoms with Crippen LogP contribution in [0.15, 0.2) is 24.3 Å². The molecule has 1 aromatic rings. The Morgan fingerprint density at radius 3 is 2.07 bits per heavy atom. The Labute approximate surface area is 162 Å². The summed E-state index contributed by atoms with van der Waals surface area (Å²) in [7, 11) is 2.55. The number of rotatable bonds is 7. The summed E-state index contributed by atoms with van der Waals surface area (Å²) in [5, 5.41) is 0. The van der Waals surface area contributed by atoms with Crippen molar-refractivity contribution in [2.75, 3.05) is 27.3 Å². The van der Waals surface area contributed by atoms with E-state index >= 15 is 0 Å². The van der Waals surface area contributed by atoms with E-state index in [2.05, 4.69) is 4.74 Å². The van der Waals surface area contributed by atoms with Crippen LogP contribution < -0.4 is 0 Å². The highest BCUT2D eigenvalue weighted by atomic mass is 16.5. The molecule has 0 bridgehead atoms. The molecule has 2 rings (SSSR count). The van der Waals surface area contributed by atoms with E-state index in [4.69, 9.17) is 4.74 Å². The first-order valence-electron chi connectivity index (χ1n) is 8.63. The first kappa shape index (κ1) is 21.1. The van der Waals surface area contributed by atoms with Crippen molar-refractivity contribution in [3.63, 3.8) is 0 Å². The van der Waals surface area contributed by atoms with Gasteiger partial charge in [-0.1, -0.05) is 26.0 Å². The molecular formula is C19H22N2O7. The van der Waals surface area contributed by atoms with Gasteiger partial charge in [0.15, 0.2) is 6.61 Å². The van der Waals surface area contributed by atoms with Crippen LogP contribution in [0.4, 0.5) is 0 Å². The van der Waals surface area contributed by atoms with Crippen LogP contribution in [0.3, 0.4) is 0 Å². The number of hydrogen-bond acceptors (Lipinski definition) is 7. The zero-order valence-electron chi connectivity index (χ0n) is 16.1. The average molecular weight is 390 g/mol. The lowest BCUT2D eigenvalue weighted by molar-refractivity contribution is -0.157. The molecule has 0 aromatic heterocycles. The number of fused-ring (bicyclic) bond motifs is 1. The maximum atomic E-state index is 12.6. The van der Waals surface area contributed by atoms with Crippen molar-refractivity contribution in [3.8, 4) is 0 Å². The smallest absolute Gasteiger partial charge is 0.330 e. The number of esters is 2. The summed E-state index contributed by atoms with van der Waals surface area (Å²) >= 11 is 0. The third-order valence-electron chi connectivity index (χ3n) is 4.33. The van der Waals surface area contributed by atoms with E-state index in [0.717, 1.165) is 9.80 Å². The van der Waals surface area contributed by atoms with Gasteiger partial charge in [0.25, 0.3) is 17.7 Å². The minimum atomic E-state index is -1.17. The third-order valence-corrected chi connectivity index (χ3v) is 4.33. The number of nitrogens with zero attached hydrogens (tertiary/aromatic N) is 2. The molecule has 0 aliphatic carbocycles. The number of benzene rings is 1. The number of carbonyl (C=O) groups is 5. The minimum Gasteiger partial charge on any atom is -0.468 e. The summed E-state index contributed by atoms with van der Waals surface area (Å²) < 4.78 is 9.51. The molecule has 0 unspecified atom stereocenters. The number of carbonyl (C=O) groups excluding carboxylic acids is 5. The molecule has 0 saturated carbocycles. The van der Waals surface area contributed by atoms with Gasteiger partial charge in [0.05, 0.1) is 18.2 Å². The van der Waals surface area contributed by atoms with Crippen molar-refractivity contribution in [2.24, 2.45) is 5.92 Å². The monoisotopic (exact) mass is 390 g/mol. The van der Waals surface area contributed by atoms with Crippen LogP contribution in [0, 0.1) is 5.92 Å². The molecular weight excluding hydrogens is 368 g/mol. The molecule has 1 atom stereocenters. The van der Waals surface area contributed by atoms with Gasteiger partial charge in [-0.3, -0.25) is 24.1 Å². The molecule has 1 aliphatic heterocycles. The molecule has 0 spiro atoms. The Hall–Kier alpha value is -3.23. The zero-order chi connectivity index (χ0) is 21.0. The van der Waals surface area contributed by atoms with Crippen molar-refractivity contribution >= 4 is 29.7 Å². The average Bonchev–Trinajstić information content (AvgIpc) is 2.91. The summed E-state index contributed by atoms with van der Waals surface area (Å²) in [5.74, 6) is -3.70. The molecule has 1 heterocycles. The fraction of sp³-hybridized carbons (Fsp3) is 0.421. The van der Waals surface area contributed by atoms with Crippen molar-refractivity contribution < 1.29 is 33.4 Å². The quantitative estimate of drug-likeness (QED) is 0.492. The number of imide groups is 1. The van der Waals surface area contributed by atoms with E-state index in [-0.39, 0.29) is 17.7 Å². The highest BCUT2D eigenvalue weighted by Crippen LogP contribution is 2.27. The van der Waals surface area contributed by atoms with E-state index in [0.29, 0.717) is 0 Å².